The number of unbranched alkanes of at least 4 members (excludes halogenated alkanes) is 1. The molecule has 1 amide bonds. The Kier molecular flexibility index (Phi) is 8.83. The molecule has 0 saturated heterocycles. The summed E-state index contributed by atoms with van der Waals surface area (Å²) in [4.78, 5) is 28.5. The summed E-state index contributed by atoms with van der Waals surface area (Å²) in [6.45, 7) is 4.66. The first-order valence-corrected chi connectivity index (χ1v) is 11.6. The van der Waals surface area contributed by atoms with E-state index in [1.807, 2.05) is 18.2 Å². The molecule has 2 aromatic carbocycles. The van der Waals surface area contributed by atoms with Gasteiger partial charge in [0.05, 0.1) is 19.7 Å². The van der Waals surface area contributed by atoms with Gasteiger partial charge in [0.25, 0.3) is 5.91 Å². The number of hydrogen-bond donors (Lipinski definition) is 2. The van der Waals surface area contributed by atoms with Crippen LogP contribution in [0.3, 0.4) is 0 Å². The molecule has 2 N–H and O–H groups in total. The topological polar surface area (TPSA) is 85.7 Å². The average molecular weight is 461 g/mol. The molecular weight excluding hydrogens is 428 g/mol. The molecule has 1 aliphatic heterocycles. The Hall–Kier alpha value is -3.63. The van der Waals surface area contributed by atoms with E-state index in [-0.39, 0.29) is 11.9 Å². The second kappa shape index (κ2) is 12.0. The van der Waals surface area contributed by atoms with Crippen LogP contribution in [-0.4, -0.2) is 60.8 Å². The summed E-state index contributed by atoms with van der Waals surface area (Å²) in [6, 6.07) is 12.8. The van der Waals surface area contributed by atoms with Crippen LogP contribution in [0.1, 0.15) is 46.8 Å². The summed E-state index contributed by atoms with van der Waals surface area (Å²) in [5.74, 6) is 2.44. The summed E-state index contributed by atoms with van der Waals surface area (Å²) in [5, 5.41) is 11.1. The minimum absolute atomic E-state index is 0.176. The zero-order valence-corrected chi connectivity index (χ0v) is 19.9. The highest BCUT2D eigenvalue weighted by molar-refractivity contribution is 6.05. The molecule has 7 nitrogen and oxygen atoms in total. The van der Waals surface area contributed by atoms with Crippen LogP contribution in [0.15, 0.2) is 42.5 Å². The van der Waals surface area contributed by atoms with Crippen LogP contribution >= 0.6 is 0 Å². The fourth-order valence-electron chi connectivity index (χ4n) is 3.80. The van der Waals surface area contributed by atoms with Crippen LogP contribution in [0.25, 0.3) is 0 Å². The van der Waals surface area contributed by atoms with E-state index in [0.29, 0.717) is 43.2 Å². The van der Waals surface area contributed by atoms with Crippen LogP contribution in [0.2, 0.25) is 0 Å². The van der Waals surface area contributed by atoms with Gasteiger partial charge < -0.3 is 15.0 Å². The molecule has 0 fully saturated rings. The molecule has 1 heterocycles. The number of terminal acetylenes is 1. The number of benzene rings is 2. The van der Waals surface area contributed by atoms with Crippen LogP contribution in [0, 0.1) is 17.8 Å². The first-order chi connectivity index (χ1) is 16.4. The molecule has 34 heavy (non-hydrogen) atoms. The highest BCUT2D eigenvalue weighted by Crippen LogP contribution is 2.23. The lowest BCUT2D eigenvalue weighted by Gasteiger charge is -2.28. The molecule has 0 unspecified atom stereocenters. The van der Waals surface area contributed by atoms with Crippen molar-refractivity contribution >= 4 is 23.4 Å². The Balaban J connectivity index is 1.56. The minimum atomic E-state index is -0.206. The van der Waals surface area contributed by atoms with Gasteiger partial charge in [0.15, 0.2) is 0 Å². The summed E-state index contributed by atoms with van der Waals surface area (Å²) in [5.41, 5.74) is 4.28. The number of anilines is 1. The lowest BCUT2D eigenvalue weighted by molar-refractivity contribution is -0.145. The van der Waals surface area contributed by atoms with Gasteiger partial charge in [0.1, 0.15) is 5.84 Å². The van der Waals surface area contributed by atoms with Gasteiger partial charge in [-0.25, -0.2) is 0 Å². The Morgan fingerprint density at radius 1 is 1.18 bits per heavy atom. The normalized spacial score (nSPS) is 12.9. The first kappa shape index (κ1) is 25.0. The number of carbonyl (C=O) groups is 2. The van der Waals surface area contributed by atoms with E-state index in [1.54, 1.807) is 36.2 Å². The Morgan fingerprint density at radius 2 is 1.91 bits per heavy atom. The van der Waals surface area contributed by atoms with Crippen LogP contribution in [-0.2, 0) is 22.5 Å². The molecule has 1 aliphatic rings. The van der Waals surface area contributed by atoms with E-state index < -0.39 is 0 Å². The maximum atomic E-state index is 12.7. The van der Waals surface area contributed by atoms with E-state index in [9.17, 15) is 9.59 Å². The molecule has 0 spiro atoms. The standard InChI is InChI=1S/C27H32N4O3/c1-4-6-16-34-25(32)19-31-15-13-22-17-24(12-11-23(22)18-31)29-27(33)21-9-7-20(8-10-21)26(28)30(3)14-5-2/h2,7-12,17,28H,4,6,13-16,18-19H2,1,3H3,(H,29,33). The molecular formula is C27H32N4O3. The SMILES string of the molecule is C#CCN(C)C(=N)c1ccc(C(=O)Nc2ccc3c(c2)CCN(CC(=O)OCCCC)C3)cc1. The number of amidine groups is 1. The van der Waals surface area contributed by atoms with E-state index in [2.05, 4.69) is 23.1 Å². The monoisotopic (exact) mass is 460 g/mol. The smallest absolute Gasteiger partial charge is 0.320 e. The van der Waals surface area contributed by atoms with Gasteiger partial charge >= 0.3 is 5.97 Å². The third-order valence-corrected chi connectivity index (χ3v) is 5.80. The van der Waals surface area contributed by atoms with Gasteiger partial charge in [-0.1, -0.05) is 37.5 Å². The fraction of sp³-hybridized carbons (Fsp3) is 0.370. The van der Waals surface area contributed by atoms with Gasteiger partial charge in [-0.2, -0.15) is 0 Å². The van der Waals surface area contributed by atoms with Crippen LogP contribution < -0.4 is 5.32 Å². The highest BCUT2D eigenvalue weighted by atomic mass is 16.5. The Bertz CT molecular complexity index is 1070. The van der Waals surface area contributed by atoms with Crippen molar-refractivity contribution in [3.8, 4) is 12.3 Å². The number of esters is 1. The Morgan fingerprint density at radius 3 is 2.62 bits per heavy atom. The fourth-order valence-corrected chi connectivity index (χ4v) is 3.80. The largest absolute Gasteiger partial charge is 0.465 e. The number of rotatable bonds is 9. The average Bonchev–Trinajstić information content (AvgIpc) is 2.84. The van der Waals surface area contributed by atoms with Crippen molar-refractivity contribution in [2.75, 3.05) is 38.6 Å². The molecule has 2 aromatic rings. The second-order valence-corrected chi connectivity index (χ2v) is 8.46. The summed E-state index contributed by atoms with van der Waals surface area (Å²) < 4.78 is 5.27. The predicted molar refractivity (Wildman–Crippen MR) is 134 cm³/mol. The lowest BCUT2D eigenvalue weighted by atomic mass is 9.99. The van der Waals surface area contributed by atoms with Gasteiger partial charge in [-0.15, -0.1) is 6.42 Å². The number of carbonyl (C=O) groups excluding carboxylic acids is 2. The van der Waals surface area contributed by atoms with Gasteiger partial charge in [-0.3, -0.25) is 19.9 Å². The maximum Gasteiger partial charge on any atom is 0.320 e. The molecule has 3 rings (SSSR count). The molecule has 178 valence electrons. The highest BCUT2D eigenvalue weighted by Gasteiger charge is 2.20. The van der Waals surface area contributed by atoms with E-state index in [1.165, 1.54) is 5.56 Å². The predicted octanol–water partition coefficient (Wildman–Crippen LogP) is 3.53. The molecule has 0 atom stereocenters. The zero-order valence-electron chi connectivity index (χ0n) is 19.9. The van der Waals surface area contributed by atoms with Crippen molar-refractivity contribution in [3.05, 3.63) is 64.7 Å². The van der Waals surface area contributed by atoms with Gasteiger partial charge in [0, 0.05) is 37.0 Å². The number of nitrogens with zero attached hydrogens (tertiary/aromatic N) is 2. The number of nitrogens with one attached hydrogen (secondary N) is 2. The number of hydrogen-bond acceptors (Lipinski definition) is 5. The molecule has 0 aromatic heterocycles. The summed E-state index contributed by atoms with van der Waals surface area (Å²) in [6.07, 6.45) is 8.01. The molecule has 0 aliphatic carbocycles. The van der Waals surface area contributed by atoms with E-state index in [0.717, 1.165) is 37.1 Å². The molecule has 0 bridgehead atoms. The quantitative estimate of drug-likeness (QED) is 0.197. The van der Waals surface area contributed by atoms with Crippen molar-refractivity contribution in [1.29, 1.82) is 5.41 Å². The third-order valence-electron chi connectivity index (χ3n) is 5.80. The van der Waals surface area contributed by atoms with Gasteiger partial charge in [-0.05, 0) is 48.2 Å². The lowest BCUT2D eigenvalue weighted by Crippen LogP contribution is -2.35. The summed E-state index contributed by atoms with van der Waals surface area (Å²) >= 11 is 0. The van der Waals surface area contributed by atoms with Crippen molar-refractivity contribution in [3.63, 3.8) is 0 Å². The van der Waals surface area contributed by atoms with Crippen LogP contribution in [0.4, 0.5) is 5.69 Å². The third kappa shape index (κ3) is 6.69. The van der Waals surface area contributed by atoms with Crippen LogP contribution in [0.5, 0.6) is 0 Å². The second-order valence-electron chi connectivity index (χ2n) is 8.46. The summed E-state index contributed by atoms with van der Waals surface area (Å²) in [7, 11) is 1.76. The maximum absolute atomic E-state index is 12.7. The number of amides is 1. The molecule has 7 heteroatoms. The number of fused-ring (bicyclic) bond motifs is 1. The van der Waals surface area contributed by atoms with Gasteiger partial charge in [0.2, 0.25) is 0 Å². The van der Waals surface area contributed by atoms with Crippen molar-refractivity contribution in [2.45, 2.75) is 32.7 Å². The Labute approximate surface area is 201 Å². The van der Waals surface area contributed by atoms with Crippen molar-refractivity contribution in [2.24, 2.45) is 0 Å². The first-order valence-electron chi connectivity index (χ1n) is 11.6. The molecule has 0 radical (unpaired) electrons. The van der Waals surface area contributed by atoms with Crippen molar-refractivity contribution in [1.82, 2.24) is 9.80 Å². The van der Waals surface area contributed by atoms with Crippen molar-refractivity contribution < 1.29 is 14.3 Å². The molecule has 0 saturated carbocycles. The number of ether oxygens (including phenoxy) is 1. The van der Waals surface area contributed by atoms with E-state index in [4.69, 9.17) is 16.6 Å². The minimum Gasteiger partial charge on any atom is -0.465 e. The van der Waals surface area contributed by atoms with E-state index >= 15 is 0 Å². The zero-order chi connectivity index (χ0) is 24.5.